The van der Waals surface area contributed by atoms with E-state index in [1.165, 1.54) is 31.2 Å². The average Bonchev–Trinajstić information content (AvgIpc) is 2.58. The van der Waals surface area contributed by atoms with Gasteiger partial charge in [-0.15, -0.1) is 0 Å². The third-order valence-corrected chi connectivity index (χ3v) is 5.35. The zero-order chi connectivity index (χ0) is 20.4. The molecule has 1 rings (SSSR count). The molecule has 2 amide bonds. The predicted octanol–water partition coefficient (Wildman–Crippen LogP) is 1.49. The molecule has 27 heavy (non-hydrogen) atoms. The summed E-state index contributed by atoms with van der Waals surface area (Å²) in [5.74, 6) is -0.517. The van der Waals surface area contributed by atoms with E-state index in [0.29, 0.717) is 25.3 Å². The van der Waals surface area contributed by atoms with Crippen molar-refractivity contribution in [3.63, 3.8) is 0 Å². The second-order valence-electron chi connectivity index (χ2n) is 6.58. The summed E-state index contributed by atoms with van der Waals surface area (Å²) in [4.78, 5) is 23.2. The summed E-state index contributed by atoms with van der Waals surface area (Å²) in [6, 6.07) is 5.32. The minimum absolute atomic E-state index is 0.0495. The lowest BCUT2D eigenvalue weighted by Gasteiger charge is -2.22. The van der Waals surface area contributed by atoms with Crippen molar-refractivity contribution >= 4 is 27.5 Å². The van der Waals surface area contributed by atoms with Gasteiger partial charge in [-0.25, -0.2) is 13.1 Å². The molecule has 0 unspecified atom stereocenters. The Hall–Kier alpha value is -1.97. The Kier molecular flexibility index (Phi) is 9.40. The number of hydrogen-bond donors (Lipinski definition) is 3. The maximum atomic E-state index is 12.6. The molecule has 0 saturated carbocycles. The first-order valence-corrected chi connectivity index (χ1v) is 10.3. The summed E-state index contributed by atoms with van der Waals surface area (Å²) < 4.78 is 32.8. The number of methoxy groups -OCH3 is 1. The highest BCUT2D eigenvalue weighted by Crippen LogP contribution is 2.16. The summed E-state index contributed by atoms with van der Waals surface area (Å²) in [6.45, 7) is 6.11. The predicted molar refractivity (Wildman–Crippen MR) is 104 cm³/mol. The van der Waals surface area contributed by atoms with Crippen LogP contribution in [0.3, 0.4) is 0 Å². The van der Waals surface area contributed by atoms with Gasteiger partial charge < -0.3 is 15.4 Å². The molecule has 0 saturated heterocycles. The van der Waals surface area contributed by atoms with Crippen molar-refractivity contribution in [3.05, 3.63) is 24.3 Å². The Bertz CT molecular complexity index is 717. The third kappa shape index (κ3) is 8.51. The van der Waals surface area contributed by atoms with E-state index < -0.39 is 16.1 Å². The number of amides is 2. The first kappa shape index (κ1) is 23.1. The zero-order valence-electron chi connectivity index (χ0n) is 16.2. The maximum Gasteiger partial charge on any atom is 0.240 e. The number of ether oxygens (including phenoxy) is 1. The van der Waals surface area contributed by atoms with E-state index in [1.54, 1.807) is 7.11 Å². The van der Waals surface area contributed by atoms with Crippen LogP contribution in [-0.4, -0.2) is 46.5 Å². The van der Waals surface area contributed by atoms with Crippen LogP contribution in [0.15, 0.2) is 29.2 Å². The van der Waals surface area contributed by atoms with E-state index in [4.69, 9.17) is 4.74 Å². The van der Waals surface area contributed by atoms with E-state index in [2.05, 4.69) is 15.4 Å². The normalized spacial score (nSPS) is 12.6. The SMILES string of the molecule is COCCCNC(=O)C[C@@H](NS(=O)(=O)c1ccc(NC(C)=O)cc1)C(C)C. The molecule has 8 nitrogen and oxygen atoms in total. The second kappa shape index (κ2) is 11.0. The van der Waals surface area contributed by atoms with Crippen molar-refractivity contribution in [2.75, 3.05) is 25.6 Å². The van der Waals surface area contributed by atoms with Crippen LogP contribution in [-0.2, 0) is 24.3 Å². The van der Waals surface area contributed by atoms with Crippen LogP contribution in [0.1, 0.15) is 33.6 Å². The number of hydrogen-bond acceptors (Lipinski definition) is 5. The molecule has 0 bridgehead atoms. The van der Waals surface area contributed by atoms with E-state index in [9.17, 15) is 18.0 Å². The minimum Gasteiger partial charge on any atom is -0.385 e. The van der Waals surface area contributed by atoms with Crippen molar-refractivity contribution in [3.8, 4) is 0 Å². The quantitative estimate of drug-likeness (QED) is 0.488. The molecule has 0 aromatic heterocycles. The fourth-order valence-electron chi connectivity index (χ4n) is 2.32. The summed E-state index contributed by atoms with van der Waals surface area (Å²) in [5, 5.41) is 5.34. The molecule has 0 spiro atoms. The Morgan fingerprint density at radius 1 is 1.15 bits per heavy atom. The Labute approximate surface area is 161 Å². The highest BCUT2D eigenvalue weighted by atomic mass is 32.2. The number of carbonyl (C=O) groups is 2. The molecular weight excluding hydrogens is 370 g/mol. The van der Waals surface area contributed by atoms with Crippen molar-refractivity contribution in [2.45, 2.75) is 44.6 Å². The van der Waals surface area contributed by atoms with Crippen LogP contribution in [0, 0.1) is 5.92 Å². The molecule has 1 aromatic carbocycles. The van der Waals surface area contributed by atoms with Crippen LogP contribution in [0.25, 0.3) is 0 Å². The van der Waals surface area contributed by atoms with Gasteiger partial charge in [-0.1, -0.05) is 13.8 Å². The lowest BCUT2D eigenvalue weighted by atomic mass is 10.0. The molecule has 0 aliphatic carbocycles. The molecule has 0 aliphatic heterocycles. The average molecular weight is 400 g/mol. The molecule has 3 N–H and O–H groups in total. The molecular formula is C18H29N3O5S. The van der Waals surface area contributed by atoms with E-state index >= 15 is 0 Å². The Morgan fingerprint density at radius 2 is 1.78 bits per heavy atom. The van der Waals surface area contributed by atoms with Crippen LogP contribution >= 0.6 is 0 Å². The van der Waals surface area contributed by atoms with Crippen molar-refractivity contribution in [1.82, 2.24) is 10.0 Å². The van der Waals surface area contributed by atoms with Crippen molar-refractivity contribution in [2.24, 2.45) is 5.92 Å². The van der Waals surface area contributed by atoms with E-state index in [1.807, 2.05) is 13.8 Å². The lowest BCUT2D eigenvalue weighted by molar-refractivity contribution is -0.121. The molecule has 0 heterocycles. The number of benzene rings is 1. The van der Waals surface area contributed by atoms with Gasteiger partial charge in [0, 0.05) is 45.3 Å². The van der Waals surface area contributed by atoms with Crippen molar-refractivity contribution < 1.29 is 22.7 Å². The highest BCUT2D eigenvalue weighted by Gasteiger charge is 2.24. The highest BCUT2D eigenvalue weighted by molar-refractivity contribution is 7.89. The molecule has 1 atom stereocenters. The molecule has 0 fully saturated rings. The maximum absolute atomic E-state index is 12.6. The first-order chi connectivity index (χ1) is 12.7. The van der Waals surface area contributed by atoms with Gasteiger partial charge in [0.25, 0.3) is 0 Å². The van der Waals surface area contributed by atoms with Crippen LogP contribution in [0.2, 0.25) is 0 Å². The zero-order valence-corrected chi connectivity index (χ0v) is 17.1. The van der Waals surface area contributed by atoms with Crippen LogP contribution in [0.4, 0.5) is 5.69 Å². The van der Waals surface area contributed by atoms with Gasteiger partial charge >= 0.3 is 0 Å². The number of rotatable bonds is 11. The summed E-state index contributed by atoms with van der Waals surface area (Å²) in [5.41, 5.74) is 0.511. The number of anilines is 1. The van der Waals surface area contributed by atoms with Gasteiger partial charge in [0.05, 0.1) is 4.90 Å². The topological polar surface area (TPSA) is 114 Å². The van der Waals surface area contributed by atoms with E-state index in [0.717, 1.165) is 0 Å². The summed E-state index contributed by atoms with van der Waals surface area (Å²) in [6.07, 6.45) is 0.745. The fraction of sp³-hybridized carbons (Fsp3) is 0.556. The van der Waals surface area contributed by atoms with Gasteiger partial charge in [-0.3, -0.25) is 9.59 Å². The molecule has 152 valence electrons. The number of sulfonamides is 1. The molecule has 0 aliphatic rings. The first-order valence-electron chi connectivity index (χ1n) is 8.81. The minimum atomic E-state index is -3.79. The molecule has 9 heteroatoms. The van der Waals surface area contributed by atoms with Crippen molar-refractivity contribution in [1.29, 1.82) is 0 Å². The van der Waals surface area contributed by atoms with Crippen LogP contribution in [0.5, 0.6) is 0 Å². The lowest BCUT2D eigenvalue weighted by Crippen LogP contribution is -2.42. The largest absolute Gasteiger partial charge is 0.385 e. The van der Waals surface area contributed by atoms with E-state index in [-0.39, 0.29) is 29.0 Å². The number of carbonyl (C=O) groups excluding carboxylic acids is 2. The van der Waals surface area contributed by atoms with Gasteiger partial charge in [0.2, 0.25) is 21.8 Å². The summed E-state index contributed by atoms with van der Waals surface area (Å²) >= 11 is 0. The standard InChI is InChI=1S/C18H29N3O5S/c1-13(2)17(12-18(23)19-10-5-11-26-4)21-27(24,25)16-8-6-15(7-9-16)20-14(3)22/h6-9,13,17,21H,5,10-12H2,1-4H3,(H,19,23)(H,20,22)/t17-/m1/s1. The Morgan fingerprint density at radius 3 is 2.30 bits per heavy atom. The second-order valence-corrected chi connectivity index (χ2v) is 8.29. The van der Waals surface area contributed by atoms with Gasteiger partial charge in [0.1, 0.15) is 0 Å². The smallest absolute Gasteiger partial charge is 0.240 e. The Balaban J connectivity index is 2.74. The molecule has 1 aromatic rings. The van der Waals surface area contributed by atoms with Crippen LogP contribution < -0.4 is 15.4 Å². The monoisotopic (exact) mass is 399 g/mol. The number of nitrogens with one attached hydrogen (secondary N) is 3. The third-order valence-electron chi connectivity index (χ3n) is 3.85. The fourth-order valence-corrected chi connectivity index (χ4v) is 3.70. The molecule has 0 radical (unpaired) electrons. The van der Waals surface area contributed by atoms with Gasteiger partial charge in [0.15, 0.2) is 0 Å². The summed E-state index contributed by atoms with van der Waals surface area (Å²) in [7, 11) is -2.20. The van der Waals surface area contributed by atoms with Gasteiger partial charge in [-0.2, -0.15) is 0 Å². The van der Waals surface area contributed by atoms with Gasteiger partial charge in [-0.05, 0) is 36.6 Å².